The zero-order chi connectivity index (χ0) is 13.0. The van der Waals surface area contributed by atoms with Gasteiger partial charge in [0.15, 0.2) is 0 Å². The van der Waals surface area contributed by atoms with Gasteiger partial charge in [-0.2, -0.15) is 0 Å². The monoisotopic (exact) mass is 248 g/mol. The van der Waals surface area contributed by atoms with Gasteiger partial charge in [0, 0.05) is 19.6 Å². The molecule has 18 heavy (non-hydrogen) atoms. The number of nitrogens with zero attached hydrogens (tertiary/aromatic N) is 1. The lowest BCUT2D eigenvalue weighted by Gasteiger charge is -2.36. The van der Waals surface area contributed by atoms with Gasteiger partial charge in [0.2, 0.25) is 0 Å². The Hall–Kier alpha value is -0.900. The molecule has 2 rings (SSSR count). The molecule has 0 aliphatic carbocycles. The van der Waals surface area contributed by atoms with Crippen molar-refractivity contribution in [3.05, 3.63) is 35.4 Å². The van der Waals surface area contributed by atoms with E-state index in [1.165, 1.54) is 11.1 Å². The van der Waals surface area contributed by atoms with Gasteiger partial charge >= 0.3 is 0 Å². The molecule has 0 saturated carbocycles. The third-order valence-electron chi connectivity index (χ3n) is 3.38. The van der Waals surface area contributed by atoms with Gasteiger partial charge in [-0.1, -0.05) is 29.8 Å². The van der Waals surface area contributed by atoms with E-state index in [2.05, 4.69) is 43.0 Å². The first-order valence-electron chi connectivity index (χ1n) is 6.81. The van der Waals surface area contributed by atoms with Crippen molar-refractivity contribution in [2.75, 3.05) is 19.6 Å². The van der Waals surface area contributed by atoms with Crippen molar-refractivity contribution >= 4 is 0 Å². The molecule has 1 aromatic carbocycles. The Balaban J connectivity index is 1.95. The molecule has 2 unspecified atom stereocenters. The van der Waals surface area contributed by atoms with Gasteiger partial charge in [-0.15, -0.1) is 0 Å². The maximum absolute atomic E-state index is 5.90. The van der Waals surface area contributed by atoms with Gasteiger partial charge in [-0.25, -0.2) is 0 Å². The zero-order valence-electron chi connectivity index (χ0n) is 11.4. The molecule has 0 radical (unpaired) electrons. The molecule has 1 aromatic rings. The lowest BCUT2D eigenvalue weighted by atomic mass is 10.1. The second kappa shape index (κ2) is 6.32. The van der Waals surface area contributed by atoms with Gasteiger partial charge in [0.25, 0.3) is 0 Å². The predicted octanol–water partition coefficient (Wildman–Crippen LogP) is 1.93. The number of benzene rings is 1. The van der Waals surface area contributed by atoms with Crippen molar-refractivity contribution < 1.29 is 4.74 Å². The predicted molar refractivity (Wildman–Crippen MR) is 74.5 cm³/mol. The summed E-state index contributed by atoms with van der Waals surface area (Å²) in [5.41, 5.74) is 8.34. The standard InChI is InChI=1S/C15H24N2O/c1-12-4-3-5-14(8-12)10-17-9-13(2)18-15(11-17)6-7-16/h3-5,8,13,15H,6-7,9-11,16H2,1-2H3. The zero-order valence-corrected chi connectivity index (χ0v) is 11.4. The van der Waals surface area contributed by atoms with E-state index in [0.717, 1.165) is 26.1 Å². The van der Waals surface area contributed by atoms with Crippen molar-refractivity contribution in [2.45, 2.75) is 39.0 Å². The van der Waals surface area contributed by atoms with Crippen LogP contribution in [0.5, 0.6) is 0 Å². The van der Waals surface area contributed by atoms with Gasteiger partial charge in [0.05, 0.1) is 12.2 Å². The topological polar surface area (TPSA) is 38.5 Å². The molecule has 0 amide bonds. The summed E-state index contributed by atoms with van der Waals surface area (Å²) < 4.78 is 5.90. The lowest BCUT2D eigenvalue weighted by Crippen LogP contribution is -2.46. The Kier molecular flexibility index (Phi) is 4.75. The molecule has 1 fully saturated rings. The van der Waals surface area contributed by atoms with Crippen LogP contribution < -0.4 is 5.73 Å². The van der Waals surface area contributed by atoms with E-state index >= 15 is 0 Å². The minimum Gasteiger partial charge on any atom is -0.373 e. The Morgan fingerprint density at radius 3 is 2.94 bits per heavy atom. The number of hydrogen-bond donors (Lipinski definition) is 1. The number of nitrogens with two attached hydrogens (primary N) is 1. The summed E-state index contributed by atoms with van der Waals surface area (Å²) in [5.74, 6) is 0. The van der Waals surface area contributed by atoms with Gasteiger partial charge in [-0.05, 0) is 32.4 Å². The maximum atomic E-state index is 5.90. The van der Waals surface area contributed by atoms with E-state index in [1.807, 2.05) is 0 Å². The molecule has 100 valence electrons. The van der Waals surface area contributed by atoms with Crippen LogP contribution in [0, 0.1) is 6.92 Å². The first-order valence-corrected chi connectivity index (χ1v) is 6.81. The van der Waals surface area contributed by atoms with Crippen molar-refractivity contribution in [2.24, 2.45) is 5.73 Å². The normalized spacial score (nSPS) is 25.3. The van der Waals surface area contributed by atoms with E-state index in [-0.39, 0.29) is 0 Å². The summed E-state index contributed by atoms with van der Waals surface area (Å²) >= 11 is 0. The van der Waals surface area contributed by atoms with Crippen LogP contribution in [0.1, 0.15) is 24.5 Å². The molecule has 3 nitrogen and oxygen atoms in total. The number of aryl methyl sites for hydroxylation is 1. The Morgan fingerprint density at radius 2 is 2.22 bits per heavy atom. The summed E-state index contributed by atoms with van der Waals surface area (Å²) in [6.45, 7) is 8.01. The van der Waals surface area contributed by atoms with Gasteiger partial charge in [-0.3, -0.25) is 4.90 Å². The average Bonchev–Trinajstić information content (AvgIpc) is 2.28. The molecule has 1 aliphatic heterocycles. The fraction of sp³-hybridized carbons (Fsp3) is 0.600. The van der Waals surface area contributed by atoms with E-state index < -0.39 is 0 Å². The van der Waals surface area contributed by atoms with E-state index in [1.54, 1.807) is 0 Å². The smallest absolute Gasteiger partial charge is 0.0718 e. The van der Waals surface area contributed by atoms with Crippen molar-refractivity contribution in [1.29, 1.82) is 0 Å². The third-order valence-corrected chi connectivity index (χ3v) is 3.38. The highest BCUT2D eigenvalue weighted by Gasteiger charge is 2.24. The number of rotatable bonds is 4. The fourth-order valence-electron chi connectivity index (χ4n) is 2.68. The molecular weight excluding hydrogens is 224 g/mol. The van der Waals surface area contributed by atoms with Crippen LogP contribution in [0.3, 0.4) is 0 Å². The average molecular weight is 248 g/mol. The molecule has 0 spiro atoms. The Bertz CT molecular complexity index is 381. The highest BCUT2D eigenvalue weighted by Crippen LogP contribution is 2.16. The van der Waals surface area contributed by atoms with Crippen molar-refractivity contribution in [1.82, 2.24) is 4.90 Å². The SMILES string of the molecule is Cc1cccc(CN2CC(C)OC(CCN)C2)c1. The van der Waals surface area contributed by atoms with Crippen molar-refractivity contribution in [3.8, 4) is 0 Å². The van der Waals surface area contributed by atoms with Gasteiger partial charge < -0.3 is 10.5 Å². The van der Waals surface area contributed by atoms with E-state index in [9.17, 15) is 0 Å². The minimum absolute atomic E-state index is 0.295. The first-order chi connectivity index (χ1) is 8.67. The summed E-state index contributed by atoms with van der Waals surface area (Å²) in [7, 11) is 0. The number of ether oxygens (including phenoxy) is 1. The fourth-order valence-corrected chi connectivity index (χ4v) is 2.68. The van der Waals surface area contributed by atoms with Crippen molar-refractivity contribution in [3.63, 3.8) is 0 Å². The maximum Gasteiger partial charge on any atom is 0.0718 e. The summed E-state index contributed by atoms with van der Waals surface area (Å²) in [6.07, 6.45) is 1.55. The molecule has 0 aromatic heterocycles. The van der Waals surface area contributed by atoms with Crippen LogP contribution in [0.15, 0.2) is 24.3 Å². The Labute approximate surface area is 110 Å². The van der Waals surface area contributed by atoms with Crippen LogP contribution in [-0.2, 0) is 11.3 Å². The second-order valence-corrected chi connectivity index (χ2v) is 5.33. The number of hydrogen-bond acceptors (Lipinski definition) is 3. The van der Waals surface area contributed by atoms with E-state index in [0.29, 0.717) is 18.8 Å². The molecular formula is C15H24N2O. The largest absolute Gasteiger partial charge is 0.373 e. The highest BCUT2D eigenvalue weighted by molar-refractivity contribution is 5.22. The number of morpholine rings is 1. The second-order valence-electron chi connectivity index (χ2n) is 5.33. The Morgan fingerprint density at radius 1 is 1.39 bits per heavy atom. The third kappa shape index (κ3) is 3.80. The van der Waals surface area contributed by atoms with Gasteiger partial charge in [0.1, 0.15) is 0 Å². The highest BCUT2D eigenvalue weighted by atomic mass is 16.5. The molecule has 3 heteroatoms. The molecule has 1 aliphatic rings. The summed E-state index contributed by atoms with van der Waals surface area (Å²) in [4.78, 5) is 2.48. The van der Waals surface area contributed by atoms with Crippen LogP contribution >= 0.6 is 0 Å². The van der Waals surface area contributed by atoms with Crippen LogP contribution in [-0.4, -0.2) is 36.7 Å². The molecule has 2 atom stereocenters. The van der Waals surface area contributed by atoms with E-state index in [4.69, 9.17) is 10.5 Å². The molecule has 1 saturated heterocycles. The van der Waals surface area contributed by atoms with Crippen LogP contribution in [0.4, 0.5) is 0 Å². The lowest BCUT2D eigenvalue weighted by molar-refractivity contribution is -0.0809. The van der Waals surface area contributed by atoms with Crippen LogP contribution in [0.2, 0.25) is 0 Å². The first kappa shape index (κ1) is 13.5. The molecule has 2 N–H and O–H groups in total. The minimum atomic E-state index is 0.295. The summed E-state index contributed by atoms with van der Waals surface area (Å²) in [6, 6.07) is 8.73. The quantitative estimate of drug-likeness (QED) is 0.885. The van der Waals surface area contributed by atoms with Crippen LogP contribution in [0.25, 0.3) is 0 Å². The molecule has 1 heterocycles. The molecule has 0 bridgehead atoms. The summed E-state index contributed by atoms with van der Waals surface area (Å²) in [5, 5.41) is 0.